The fraction of sp³-hybridized carbons (Fsp3) is 0.278. The van der Waals surface area contributed by atoms with Gasteiger partial charge in [0.2, 0.25) is 0 Å². The summed E-state index contributed by atoms with van der Waals surface area (Å²) in [7, 11) is 1.81. The summed E-state index contributed by atoms with van der Waals surface area (Å²) in [5.41, 5.74) is 2.23. The topological polar surface area (TPSA) is 68.0 Å². The number of benzene rings is 1. The number of amides is 2. The zero-order valence-corrected chi connectivity index (χ0v) is 14.0. The SMILES string of the molecule is Cn1cnc(CNC(=O)N2CCn3cccc3[C@@H]2c2ccccc2)n1. The molecule has 128 valence electrons. The van der Waals surface area contributed by atoms with Crippen LogP contribution < -0.4 is 5.32 Å². The monoisotopic (exact) mass is 336 g/mol. The number of fused-ring (bicyclic) bond motifs is 1. The van der Waals surface area contributed by atoms with Crippen molar-refractivity contribution >= 4 is 6.03 Å². The third kappa shape index (κ3) is 3.00. The van der Waals surface area contributed by atoms with Crippen molar-refractivity contribution in [3.8, 4) is 0 Å². The van der Waals surface area contributed by atoms with Crippen molar-refractivity contribution in [2.24, 2.45) is 7.05 Å². The number of urea groups is 1. The molecule has 0 radical (unpaired) electrons. The molecule has 1 atom stereocenters. The van der Waals surface area contributed by atoms with E-state index >= 15 is 0 Å². The van der Waals surface area contributed by atoms with E-state index in [0.29, 0.717) is 18.9 Å². The van der Waals surface area contributed by atoms with E-state index in [0.717, 1.165) is 17.8 Å². The molecule has 0 aliphatic carbocycles. The van der Waals surface area contributed by atoms with E-state index in [9.17, 15) is 4.79 Å². The van der Waals surface area contributed by atoms with E-state index in [-0.39, 0.29) is 12.1 Å². The molecular weight excluding hydrogens is 316 g/mol. The van der Waals surface area contributed by atoms with Gasteiger partial charge in [-0.1, -0.05) is 30.3 Å². The van der Waals surface area contributed by atoms with Crippen LogP contribution >= 0.6 is 0 Å². The van der Waals surface area contributed by atoms with Gasteiger partial charge in [0.25, 0.3) is 0 Å². The van der Waals surface area contributed by atoms with Gasteiger partial charge in [0.05, 0.1) is 12.6 Å². The molecule has 0 bridgehead atoms. The summed E-state index contributed by atoms with van der Waals surface area (Å²) in [5.74, 6) is 0.604. The van der Waals surface area contributed by atoms with Crippen LogP contribution in [0.2, 0.25) is 0 Å². The molecule has 3 heterocycles. The molecule has 0 saturated heterocycles. The first-order valence-electron chi connectivity index (χ1n) is 8.31. The maximum atomic E-state index is 12.8. The van der Waals surface area contributed by atoms with E-state index in [2.05, 4.69) is 44.4 Å². The molecular formula is C18H20N6O. The van der Waals surface area contributed by atoms with Crippen LogP contribution in [0.15, 0.2) is 55.0 Å². The molecule has 0 saturated carbocycles. The van der Waals surface area contributed by atoms with Gasteiger partial charge >= 0.3 is 6.03 Å². The Morgan fingerprint density at radius 1 is 1.20 bits per heavy atom. The minimum atomic E-state index is -0.103. The van der Waals surface area contributed by atoms with Crippen LogP contribution in [0.3, 0.4) is 0 Å². The van der Waals surface area contributed by atoms with Gasteiger partial charge in [-0.2, -0.15) is 5.10 Å². The van der Waals surface area contributed by atoms with Gasteiger partial charge < -0.3 is 14.8 Å². The first-order valence-corrected chi connectivity index (χ1v) is 8.31. The smallest absolute Gasteiger partial charge is 0.318 e. The summed E-state index contributed by atoms with van der Waals surface area (Å²) in [6.45, 7) is 1.77. The Bertz CT molecular complexity index is 869. The van der Waals surface area contributed by atoms with Crippen molar-refractivity contribution in [3.63, 3.8) is 0 Å². The number of nitrogens with zero attached hydrogens (tertiary/aromatic N) is 5. The number of carbonyl (C=O) groups excluding carboxylic acids is 1. The number of aromatic nitrogens is 4. The molecule has 7 nitrogen and oxygen atoms in total. The van der Waals surface area contributed by atoms with Crippen LogP contribution in [0.4, 0.5) is 4.79 Å². The van der Waals surface area contributed by atoms with Crippen LogP contribution in [0.5, 0.6) is 0 Å². The lowest BCUT2D eigenvalue weighted by atomic mass is 10.0. The molecule has 1 aliphatic heterocycles. The second-order valence-electron chi connectivity index (χ2n) is 6.13. The van der Waals surface area contributed by atoms with E-state index in [4.69, 9.17) is 0 Å². The molecule has 0 spiro atoms. The number of rotatable bonds is 3. The summed E-state index contributed by atoms with van der Waals surface area (Å²) in [6.07, 6.45) is 3.69. The number of aryl methyl sites for hydroxylation is 1. The van der Waals surface area contributed by atoms with E-state index < -0.39 is 0 Å². The highest BCUT2D eigenvalue weighted by atomic mass is 16.2. The average molecular weight is 336 g/mol. The first kappa shape index (κ1) is 15.4. The van der Waals surface area contributed by atoms with Crippen molar-refractivity contribution < 1.29 is 4.79 Å². The second kappa shape index (κ2) is 6.43. The third-order valence-corrected chi connectivity index (χ3v) is 4.46. The van der Waals surface area contributed by atoms with E-state index in [1.807, 2.05) is 36.2 Å². The van der Waals surface area contributed by atoms with Crippen LogP contribution in [-0.4, -0.2) is 36.8 Å². The predicted molar refractivity (Wildman–Crippen MR) is 92.7 cm³/mol. The van der Waals surface area contributed by atoms with E-state index in [1.165, 1.54) is 0 Å². The van der Waals surface area contributed by atoms with Crippen molar-refractivity contribution in [1.82, 2.24) is 29.5 Å². The molecule has 7 heteroatoms. The maximum absolute atomic E-state index is 12.8. The molecule has 2 amide bonds. The normalized spacial score (nSPS) is 16.5. The number of hydrogen-bond donors (Lipinski definition) is 1. The van der Waals surface area contributed by atoms with Crippen LogP contribution in [0.1, 0.15) is 23.1 Å². The van der Waals surface area contributed by atoms with Gasteiger partial charge in [-0.25, -0.2) is 9.78 Å². The molecule has 0 fully saturated rings. The molecule has 25 heavy (non-hydrogen) atoms. The van der Waals surface area contributed by atoms with Crippen molar-refractivity contribution in [2.45, 2.75) is 19.1 Å². The summed E-state index contributed by atoms with van der Waals surface area (Å²) in [5, 5.41) is 7.14. The van der Waals surface area contributed by atoms with Gasteiger partial charge in [0, 0.05) is 32.0 Å². The largest absolute Gasteiger partial charge is 0.348 e. The van der Waals surface area contributed by atoms with Gasteiger partial charge in [-0.3, -0.25) is 4.68 Å². The lowest BCUT2D eigenvalue weighted by Crippen LogP contribution is -2.47. The molecule has 1 N–H and O–H groups in total. The molecule has 3 aromatic rings. The molecule has 1 aliphatic rings. The Morgan fingerprint density at radius 2 is 2.04 bits per heavy atom. The minimum absolute atomic E-state index is 0.0957. The highest BCUT2D eigenvalue weighted by Gasteiger charge is 2.31. The van der Waals surface area contributed by atoms with Crippen LogP contribution in [-0.2, 0) is 20.1 Å². The van der Waals surface area contributed by atoms with Crippen molar-refractivity contribution in [2.75, 3.05) is 6.54 Å². The minimum Gasteiger partial charge on any atom is -0.348 e. The average Bonchev–Trinajstić information content (AvgIpc) is 3.28. The lowest BCUT2D eigenvalue weighted by molar-refractivity contribution is 0.168. The zero-order valence-electron chi connectivity index (χ0n) is 14.0. The standard InChI is InChI=1S/C18H20N6O/c1-22-13-20-16(21-22)12-19-18(25)24-11-10-23-9-5-8-15(23)17(24)14-6-3-2-4-7-14/h2-9,13,17H,10-12H2,1H3,(H,19,25)/t17-/m0/s1. The number of carbonyl (C=O) groups is 1. The fourth-order valence-electron chi connectivity index (χ4n) is 3.31. The molecule has 0 unspecified atom stereocenters. The van der Waals surface area contributed by atoms with E-state index in [1.54, 1.807) is 11.0 Å². The van der Waals surface area contributed by atoms with Crippen molar-refractivity contribution in [3.05, 3.63) is 72.1 Å². The summed E-state index contributed by atoms with van der Waals surface area (Å²) < 4.78 is 3.84. The summed E-state index contributed by atoms with van der Waals surface area (Å²) in [4.78, 5) is 18.9. The molecule has 1 aromatic carbocycles. The highest BCUT2D eigenvalue weighted by Crippen LogP contribution is 2.32. The van der Waals surface area contributed by atoms with Gasteiger partial charge in [0.1, 0.15) is 6.33 Å². The zero-order chi connectivity index (χ0) is 17.2. The number of hydrogen-bond acceptors (Lipinski definition) is 3. The Balaban J connectivity index is 1.58. The summed E-state index contributed by atoms with van der Waals surface area (Å²) >= 11 is 0. The molecule has 2 aromatic heterocycles. The van der Waals surface area contributed by atoms with Gasteiger partial charge in [0.15, 0.2) is 5.82 Å². The highest BCUT2D eigenvalue weighted by molar-refractivity contribution is 5.75. The predicted octanol–water partition coefficient (Wildman–Crippen LogP) is 1.93. The second-order valence-corrected chi connectivity index (χ2v) is 6.13. The Labute approximate surface area is 145 Å². The third-order valence-electron chi connectivity index (χ3n) is 4.46. The summed E-state index contributed by atoms with van der Waals surface area (Å²) in [6, 6.07) is 14.0. The van der Waals surface area contributed by atoms with Crippen LogP contribution in [0, 0.1) is 0 Å². The quantitative estimate of drug-likeness (QED) is 0.795. The van der Waals surface area contributed by atoms with Crippen LogP contribution in [0.25, 0.3) is 0 Å². The van der Waals surface area contributed by atoms with Gasteiger partial charge in [-0.15, -0.1) is 0 Å². The Hall–Kier alpha value is -3.09. The van der Waals surface area contributed by atoms with Crippen molar-refractivity contribution in [1.29, 1.82) is 0 Å². The fourth-order valence-corrected chi connectivity index (χ4v) is 3.31. The first-order chi connectivity index (χ1) is 12.2. The maximum Gasteiger partial charge on any atom is 0.318 e. The lowest BCUT2D eigenvalue weighted by Gasteiger charge is -2.37. The number of nitrogens with one attached hydrogen (secondary N) is 1. The molecule has 4 rings (SSSR count). The van der Waals surface area contributed by atoms with Gasteiger partial charge in [-0.05, 0) is 17.7 Å². The Kier molecular flexibility index (Phi) is 3.97. The Morgan fingerprint density at radius 3 is 2.80 bits per heavy atom.